The van der Waals surface area contributed by atoms with Crippen LogP contribution in [0.25, 0.3) is 10.9 Å². The molecule has 0 spiro atoms. The molecule has 0 radical (unpaired) electrons. The fourth-order valence-corrected chi connectivity index (χ4v) is 4.01. The van der Waals surface area contributed by atoms with Gasteiger partial charge in [-0.1, -0.05) is 0 Å². The van der Waals surface area contributed by atoms with Gasteiger partial charge in [0.2, 0.25) is 5.88 Å². The molecule has 2 aliphatic rings. The first-order valence-corrected chi connectivity index (χ1v) is 10.3. The molecule has 5 rings (SSSR count). The van der Waals surface area contributed by atoms with Crippen LogP contribution in [0.2, 0.25) is 0 Å². The van der Waals surface area contributed by atoms with Crippen LogP contribution in [-0.2, 0) is 19.4 Å². The Morgan fingerprint density at radius 2 is 2.10 bits per heavy atom. The van der Waals surface area contributed by atoms with Gasteiger partial charge in [-0.05, 0) is 61.8 Å². The molecule has 0 unspecified atom stereocenters. The SMILES string of the molecule is COc1cc2c(NCC3CC3)c3c(nc2cc1OCc1cccnc1O)CCC3. The van der Waals surface area contributed by atoms with E-state index in [0.29, 0.717) is 17.1 Å². The Kier molecular flexibility index (Phi) is 4.62. The van der Waals surface area contributed by atoms with Crippen LogP contribution in [0.5, 0.6) is 17.4 Å². The lowest BCUT2D eigenvalue weighted by atomic mass is 10.1. The number of aryl methyl sites for hydroxylation is 1. The van der Waals surface area contributed by atoms with Crippen molar-refractivity contribution in [3.63, 3.8) is 0 Å². The molecule has 2 heterocycles. The zero-order chi connectivity index (χ0) is 19.8. The largest absolute Gasteiger partial charge is 0.493 e. The van der Waals surface area contributed by atoms with Crippen molar-refractivity contribution in [2.75, 3.05) is 19.0 Å². The minimum absolute atomic E-state index is 0.0187. The van der Waals surface area contributed by atoms with Gasteiger partial charge in [-0.15, -0.1) is 0 Å². The highest BCUT2D eigenvalue weighted by Crippen LogP contribution is 2.40. The Labute approximate surface area is 169 Å². The van der Waals surface area contributed by atoms with Crippen LogP contribution >= 0.6 is 0 Å². The third-order valence-electron chi connectivity index (χ3n) is 5.81. The molecular formula is C23H25N3O3. The maximum Gasteiger partial charge on any atom is 0.217 e. The minimum atomic E-state index is -0.0187. The average molecular weight is 391 g/mol. The normalized spacial score (nSPS) is 15.3. The first-order valence-electron chi connectivity index (χ1n) is 10.3. The van der Waals surface area contributed by atoms with E-state index in [9.17, 15) is 5.11 Å². The van der Waals surface area contributed by atoms with E-state index < -0.39 is 0 Å². The fourth-order valence-electron chi connectivity index (χ4n) is 4.01. The summed E-state index contributed by atoms with van der Waals surface area (Å²) in [6, 6.07) is 7.54. The van der Waals surface area contributed by atoms with Gasteiger partial charge < -0.3 is 19.9 Å². The molecule has 2 N–H and O–H groups in total. The summed E-state index contributed by atoms with van der Waals surface area (Å²) in [5.41, 5.74) is 5.30. The van der Waals surface area contributed by atoms with Crippen molar-refractivity contribution < 1.29 is 14.6 Å². The van der Waals surface area contributed by atoms with Gasteiger partial charge in [-0.2, -0.15) is 0 Å². The first-order chi connectivity index (χ1) is 14.2. The number of aromatic nitrogens is 2. The zero-order valence-corrected chi connectivity index (χ0v) is 16.6. The number of nitrogens with one attached hydrogen (secondary N) is 1. The number of pyridine rings is 2. The molecule has 0 atom stereocenters. The van der Waals surface area contributed by atoms with Crippen molar-refractivity contribution in [2.24, 2.45) is 5.92 Å². The number of methoxy groups -OCH3 is 1. The monoisotopic (exact) mass is 391 g/mol. The smallest absolute Gasteiger partial charge is 0.217 e. The lowest BCUT2D eigenvalue weighted by molar-refractivity contribution is 0.278. The molecule has 150 valence electrons. The quantitative estimate of drug-likeness (QED) is 0.628. The van der Waals surface area contributed by atoms with Gasteiger partial charge in [0.1, 0.15) is 6.61 Å². The Morgan fingerprint density at radius 1 is 1.21 bits per heavy atom. The number of rotatable bonds is 7. The molecule has 1 fully saturated rings. The maximum absolute atomic E-state index is 9.89. The summed E-state index contributed by atoms with van der Waals surface area (Å²) in [6.07, 6.45) is 7.44. The van der Waals surface area contributed by atoms with E-state index >= 15 is 0 Å². The number of benzene rings is 1. The molecule has 29 heavy (non-hydrogen) atoms. The Hall–Kier alpha value is -3.02. The highest BCUT2D eigenvalue weighted by Gasteiger charge is 2.25. The van der Waals surface area contributed by atoms with Gasteiger partial charge in [-0.25, -0.2) is 4.98 Å². The van der Waals surface area contributed by atoms with E-state index in [1.807, 2.05) is 12.1 Å². The van der Waals surface area contributed by atoms with Gasteiger partial charge in [0.15, 0.2) is 11.5 Å². The van der Waals surface area contributed by atoms with Gasteiger partial charge in [0.25, 0.3) is 0 Å². The maximum atomic E-state index is 9.89. The second-order valence-electron chi connectivity index (χ2n) is 7.88. The molecule has 1 saturated carbocycles. The van der Waals surface area contributed by atoms with E-state index in [2.05, 4.69) is 10.3 Å². The van der Waals surface area contributed by atoms with Gasteiger partial charge >= 0.3 is 0 Å². The van der Waals surface area contributed by atoms with Crippen LogP contribution in [0.1, 0.15) is 36.1 Å². The zero-order valence-electron chi connectivity index (χ0n) is 16.6. The lowest BCUT2D eigenvalue weighted by Gasteiger charge is -2.17. The van der Waals surface area contributed by atoms with Crippen LogP contribution in [0.3, 0.4) is 0 Å². The van der Waals surface area contributed by atoms with E-state index in [1.165, 1.54) is 29.8 Å². The fraction of sp³-hybridized carbons (Fsp3) is 0.391. The lowest BCUT2D eigenvalue weighted by Crippen LogP contribution is -2.08. The number of anilines is 1. The molecular weight excluding hydrogens is 366 g/mol. The summed E-state index contributed by atoms with van der Waals surface area (Å²) in [6.45, 7) is 1.23. The number of fused-ring (bicyclic) bond motifs is 2. The van der Waals surface area contributed by atoms with Crippen molar-refractivity contribution in [3.05, 3.63) is 47.3 Å². The van der Waals surface area contributed by atoms with E-state index in [4.69, 9.17) is 14.5 Å². The van der Waals surface area contributed by atoms with Crippen molar-refractivity contribution in [2.45, 2.75) is 38.7 Å². The summed E-state index contributed by atoms with van der Waals surface area (Å²) < 4.78 is 11.6. The van der Waals surface area contributed by atoms with Gasteiger partial charge in [-0.3, -0.25) is 4.98 Å². The standard InChI is InChI=1S/C23H25N3O3/c1-28-20-10-17-19(11-21(20)29-13-15-4-3-9-24-23(15)27)26-18-6-2-5-16(18)22(17)25-12-14-7-8-14/h3-4,9-11,14H,2,5-8,12-13H2,1H3,(H,24,27)(H,25,26). The summed E-state index contributed by atoms with van der Waals surface area (Å²) in [4.78, 5) is 8.83. The molecule has 2 aromatic heterocycles. The van der Waals surface area contributed by atoms with Crippen LogP contribution in [0.15, 0.2) is 30.5 Å². The molecule has 6 heteroatoms. The number of hydrogen-bond acceptors (Lipinski definition) is 6. The Morgan fingerprint density at radius 3 is 2.90 bits per heavy atom. The Balaban J connectivity index is 1.52. The van der Waals surface area contributed by atoms with Crippen molar-refractivity contribution in [1.29, 1.82) is 0 Å². The second kappa shape index (κ2) is 7.43. The molecule has 1 aromatic carbocycles. The molecule has 0 amide bonds. The highest BCUT2D eigenvalue weighted by molar-refractivity contribution is 5.96. The molecule has 3 aromatic rings. The molecule has 0 aliphatic heterocycles. The average Bonchev–Trinajstić information content (AvgIpc) is 3.45. The number of hydrogen-bond donors (Lipinski definition) is 2. The molecule has 6 nitrogen and oxygen atoms in total. The van der Waals surface area contributed by atoms with Crippen molar-refractivity contribution >= 4 is 16.6 Å². The molecule has 2 aliphatic carbocycles. The van der Waals surface area contributed by atoms with Crippen LogP contribution in [-0.4, -0.2) is 28.7 Å². The topological polar surface area (TPSA) is 76.5 Å². The van der Waals surface area contributed by atoms with E-state index in [0.717, 1.165) is 42.6 Å². The van der Waals surface area contributed by atoms with E-state index in [1.54, 1.807) is 25.4 Å². The Bertz CT molecular complexity index is 1060. The minimum Gasteiger partial charge on any atom is -0.493 e. The summed E-state index contributed by atoms with van der Waals surface area (Å²) in [7, 11) is 1.65. The first kappa shape index (κ1) is 18.0. The van der Waals surface area contributed by atoms with Gasteiger partial charge in [0.05, 0.1) is 18.2 Å². The van der Waals surface area contributed by atoms with Gasteiger partial charge in [0, 0.05) is 35.6 Å². The number of aromatic hydroxyl groups is 1. The van der Waals surface area contributed by atoms with Crippen molar-refractivity contribution in [3.8, 4) is 17.4 Å². The van der Waals surface area contributed by atoms with Crippen LogP contribution in [0, 0.1) is 5.92 Å². The van der Waals surface area contributed by atoms with Crippen molar-refractivity contribution in [1.82, 2.24) is 9.97 Å². The third kappa shape index (κ3) is 3.55. The summed E-state index contributed by atoms with van der Waals surface area (Å²) in [5.74, 6) is 2.05. The predicted molar refractivity (Wildman–Crippen MR) is 112 cm³/mol. The summed E-state index contributed by atoms with van der Waals surface area (Å²) in [5, 5.41) is 14.7. The summed E-state index contributed by atoms with van der Waals surface area (Å²) >= 11 is 0. The number of ether oxygens (including phenoxy) is 2. The molecule has 0 bridgehead atoms. The predicted octanol–water partition coefficient (Wildman–Crippen LogP) is 4.23. The van der Waals surface area contributed by atoms with Crippen LogP contribution < -0.4 is 14.8 Å². The number of nitrogens with zero attached hydrogens (tertiary/aromatic N) is 2. The highest BCUT2D eigenvalue weighted by atomic mass is 16.5. The molecule has 0 saturated heterocycles. The van der Waals surface area contributed by atoms with Crippen LogP contribution in [0.4, 0.5) is 5.69 Å². The third-order valence-corrected chi connectivity index (χ3v) is 5.81. The second-order valence-corrected chi connectivity index (χ2v) is 7.88. The van der Waals surface area contributed by atoms with E-state index in [-0.39, 0.29) is 12.5 Å².